The molecule has 3 heterocycles. The maximum atomic E-state index is 11.1. The average Bonchev–Trinajstić information content (AvgIpc) is 3.27. The molecule has 0 aromatic heterocycles. The van der Waals surface area contributed by atoms with E-state index < -0.39 is 123 Å². The van der Waals surface area contributed by atoms with E-state index in [1.165, 1.54) is 0 Å². The van der Waals surface area contributed by atoms with Crippen molar-refractivity contribution in [1.29, 1.82) is 0 Å². The molecular weight excluding hydrogens is 568 g/mol. The molecule has 19 heteroatoms. The van der Waals surface area contributed by atoms with E-state index in [1.807, 2.05) is 0 Å². The lowest BCUT2D eigenvalue weighted by atomic mass is 9.84. The first-order chi connectivity index (χ1) is 19.8. The highest BCUT2D eigenvalue weighted by Crippen LogP contribution is 2.34. The number of ether oxygens (including phenoxy) is 6. The Kier molecular flexibility index (Phi) is 11.5. The van der Waals surface area contributed by atoms with E-state index >= 15 is 0 Å². The van der Waals surface area contributed by atoms with Crippen molar-refractivity contribution in [2.45, 2.75) is 123 Å². The Labute approximate surface area is 241 Å². The van der Waals surface area contributed by atoms with Gasteiger partial charge in [0.15, 0.2) is 18.9 Å². The van der Waals surface area contributed by atoms with E-state index in [0.717, 1.165) is 0 Å². The van der Waals surface area contributed by atoms with Crippen LogP contribution in [0.2, 0.25) is 0 Å². The van der Waals surface area contributed by atoms with Crippen LogP contribution in [0.25, 0.3) is 0 Å². The number of aliphatic hydroxyl groups is 7. The Bertz CT molecular complexity index is 868. The highest BCUT2D eigenvalue weighted by atomic mass is 16.8. The van der Waals surface area contributed by atoms with E-state index in [-0.39, 0.29) is 19.5 Å². The van der Waals surface area contributed by atoms with Gasteiger partial charge in [-0.05, 0) is 6.42 Å². The second-order valence-corrected chi connectivity index (χ2v) is 11.2. The first-order valence-corrected chi connectivity index (χ1v) is 13.9. The molecule has 1 aliphatic carbocycles. The molecule has 0 aromatic carbocycles. The van der Waals surface area contributed by atoms with Gasteiger partial charge in [0.25, 0.3) is 0 Å². The second kappa shape index (κ2) is 14.1. The standard InChI is InChI=1S/C23H46N6O13/c24-2-7-13(32)15(34)10(28)21(37-7)40-18-6(27)1-5(26)12(31)20(18)42-23-17(36)19(9(4-30)39-23)41-22-11(29)16(35)14(33)8(3-25)38-22/h5-23,30-36H,1-4,24-29H2/t5-,6+,7-,8-,9-,10-,11+,12+,13-,14+,15-,16+,17-,18-,19-,20-,21-,22+,23-/m1/s1. The maximum Gasteiger partial charge on any atom is 0.187 e. The molecule has 0 radical (unpaired) electrons. The molecule has 3 aliphatic heterocycles. The lowest BCUT2D eigenvalue weighted by Gasteiger charge is -2.47. The van der Waals surface area contributed by atoms with Crippen molar-refractivity contribution >= 4 is 0 Å². The van der Waals surface area contributed by atoms with Crippen molar-refractivity contribution in [2.75, 3.05) is 19.7 Å². The second-order valence-electron chi connectivity index (χ2n) is 11.2. The lowest BCUT2D eigenvalue weighted by Crippen LogP contribution is -2.68. The normalized spacial score (nSPS) is 53.8. The minimum absolute atomic E-state index is 0.0889. The molecule has 246 valence electrons. The van der Waals surface area contributed by atoms with Gasteiger partial charge in [0.05, 0.1) is 24.8 Å². The number of nitrogens with two attached hydrogens (primary N) is 6. The van der Waals surface area contributed by atoms with Crippen LogP contribution in [0.3, 0.4) is 0 Å². The molecule has 4 rings (SSSR count). The van der Waals surface area contributed by atoms with Crippen molar-refractivity contribution in [3.8, 4) is 0 Å². The number of rotatable bonds is 9. The molecule has 3 saturated heterocycles. The molecule has 42 heavy (non-hydrogen) atoms. The molecule has 4 fully saturated rings. The summed E-state index contributed by atoms with van der Waals surface area (Å²) in [5.74, 6) is 0. The Morgan fingerprint density at radius 2 is 0.976 bits per heavy atom. The van der Waals surface area contributed by atoms with Crippen LogP contribution in [0, 0.1) is 0 Å². The van der Waals surface area contributed by atoms with Gasteiger partial charge in [0.1, 0.15) is 67.1 Å². The van der Waals surface area contributed by atoms with Gasteiger partial charge in [-0.25, -0.2) is 0 Å². The van der Waals surface area contributed by atoms with Crippen LogP contribution in [0.4, 0.5) is 0 Å². The number of aliphatic hydroxyl groups excluding tert-OH is 7. The zero-order valence-corrected chi connectivity index (χ0v) is 22.8. The Balaban J connectivity index is 1.50. The fraction of sp³-hybridized carbons (Fsp3) is 1.00. The third-order valence-electron chi connectivity index (χ3n) is 8.37. The average molecular weight is 615 g/mol. The molecule has 0 unspecified atom stereocenters. The van der Waals surface area contributed by atoms with Gasteiger partial charge >= 0.3 is 0 Å². The summed E-state index contributed by atoms with van der Waals surface area (Å²) in [5, 5.41) is 73.0. The number of hydrogen-bond acceptors (Lipinski definition) is 19. The van der Waals surface area contributed by atoms with Crippen molar-refractivity contribution in [1.82, 2.24) is 0 Å². The first kappa shape index (κ1) is 34.1. The zero-order valence-electron chi connectivity index (χ0n) is 22.8. The van der Waals surface area contributed by atoms with Crippen LogP contribution in [0.1, 0.15) is 6.42 Å². The minimum Gasteiger partial charge on any atom is -0.394 e. The summed E-state index contributed by atoms with van der Waals surface area (Å²) < 4.78 is 34.6. The highest BCUT2D eigenvalue weighted by Gasteiger charge is 2.54. The molecule has 0 amide bonds. The topological polar surface area (TPSA) is 353 Å². The molecule has 4 aliphatic rings. The predicted molar refractivity (Wildman–Crippen MR) is 138 cm³/mol. The van der Waals surface area contributed by atoms with Crippen LogP contribution < -0.4 is 34.4 Å². The van der Waals surface area contributed by atoms with Gasteiger partial charge in [0.2, 0.25) is 0 Å². The SMILES string of the molecule is NC[C@H]1O[C@@H](O[C@H]2[C@@H](O)[C@@H](O[C@@H]3[C@@H](O)[C@H](N)C[C@H](N)[C@H]3O[C@H]3O[C@H](CN)[C@@H](O)[C@H](O)[C@H]3N)O[C@@H]2CO)[C@@H](N)[C@H](O)[C@H]1O. The molecule has 0 bridgehead atoms. The van der Waals surface area contributed by atoms with Crippen LogP contribution >= 0.6 is 0 Å². The largest absolute Gasteiger partial charge is 0.394 e. The van der Waals surface area contributed by atoms with Crippen LogP contribution in [-0.2, 0) is 28.4 Å². The monoisotopic (exact) mass is 614 g/mol. The highest BCUT2D eigenvalue weighted by molar-refractivity contribution is 5.02. The summed E-state index contributed by atoms with van der Waals surface area (Å²) in [6.45, 7) is -0.967. The summed E-state index contributed by atoms with van der Waals surface area (Å²) in [6, 6.07) is -4.18. The maximum absolute atomic E-state index is 11.1. The predicted octanol–water partition coefficient (Wildman–Crippen LogP) is -8.90. The fourth-order valence-corrected chi connectivity index (χ4v) is 5.74. The van der Waals surface area contributed by atoms with Gasteiger partial charge < -0.3 is 98.6 Å². The summed E-state index contributed by atoms with van der Waals surface area (Å²) in [6.07, 6.45) is -19.8. The smallest absolute Gasteiger partial charge is 0.187 e. The van der Waals surface area contributed by atoms with E-state index in [9.17, 15) is 35.7 Å². The Morgan fingerprint density at radius 3 is 1.45 bits per heavy atom. The molecule has 1 saturated carbocycles. The van der Waals surface area contributed by atoms with Crippen molar-refractivity contribution in [2.24, 2.45) is 34.4 Å². The molecule has 0 aromatic rings. The van der Waals surface area contributed by atoms with Crippen LogP contribution in [-0.4, -0.2) is 172 Å². The summed E-state index contributed by atoms with van der Waals surface area (Å²) >= 11 is 0. The zero-order chi connectivity index (χ0) is 31.0. The summed E-state index contributed by atoms with van der Waals surface area (Å²) in [7, 11) is 0. The molecule has 19 N–H and O–H groups in total. The summed E-state index contributed by atoms with van der Waals surface area (Å²) in [5.41, 5.74) is 35.6. The van der Waals surface area contributed by atoms with E-state index in [2.05, 4.69) is 0 Å². The molecular formula is C23H46N6O13. The van der Waals surface area contributed by atoms with Crippen LogP contribution in [0.5, 0.6) is 0 Å². The summed E-state index contributed by atoms with van der Waals surface area (Å²) in [4.78, 5) is 0. The first-order valence-electron chi connectivity index (χ1n) is 13.9. The lowest BCUT2D eigenvalue weighted by molar-refractivity contribution is -0.306. The van der Waals surface area contributed by atoms with E-state index in [4.69, 9.17) is 62.8 Å². The van der Waals surface area contributed by atoms with Gasteiger partial charge in [-0.1, -0.05) is 0 Å². The third kappa shape index (κ3) is 6.60. The van der Waals surface area contributed by atoms with E-state index in [0.29, 0.717) is 0 Å². The van der Waals surface area contributed by atoms with Crippen molar-refractivity contribution < 1.29 is 64.2 Å². The van der Waals surface area contributed by atoms with Gasteiger partial charge in [-0.15, -0.1) is 0 Å². The van der Waals surface area contributed by atoms with Crippen molar-refractivity contribution in [3.05, 3.63) is 0 Å². The molecule has 19 nitrogen and oxygen atoms in total. The molecule has 19 atom stereocenters. The van der Waals surface area contributed by atoms with Crippen LogP contribution in [0.15, 0.2) is 0 Å². The number of hydrogen-bond donors (Lipinski definition) is 13. The van der Waals surface area contributed by atoms with Gasteiger partial charge in [0, 0.05) is 25.2 Å². The van der Waals surface area contributed by atoms with Gasteiger partial charge in [-0.2, -0.15) is 0 Å². The Morgan fingerprint density at radius 1 is 0.524 bits per heavy atom. The quantitative estimate of drug-likeness (QED) is 0.115. The van der Waals surface area contributed by atoms with Gasteiger partial charge in [-0.3, -0.25) is 0 Å². The Hall–Kier alpha value is -0.760. The minimum atomic E-state index is -1.60. The molecule has 0 spiro atoms. The van der Waals surface area contributed by atoms with E-state index in [1.54, 1.807) is 0 Å². The fourth-order valence-electron chi connectivity index (χ4n) is 5.74. The van der Waals surface area contributed by atoms with Crippen molar-refractivity contribution in [3.63, 3.8) is 0 Å². The third-order valence-corrected chi connectivity index (χ3v) is 8.37.